The summed E-state index contributed by atoms with van der Waals surface area (Å²) in [6.07, 6.45) is 1.37. The first-order valence-electron chi connectivity index (χ1n) is 8.45. The monoisotopic (exact) mass is 406 g/mol. The van der Waals surface area contributed by atoms with E-state index in [1.54, 1.807) is 11.3 Å². The molecule has 3 heterocycles. The number of carboxylic acids is 1. The molecule has 1 atom stereocenters. The molecule has 1 aliphatic rings. The lowest BCUT2D eigenvalue weighted by Crippen LogP contribution is -2.41. The van der Waals surface area contributed by atoms with Crippen molar-refractivity contribution in [3.63, 3.8) is 0 Å². The Labute approximate surface area is 160 Å². The fraction of sp³-hybridized carbons (Fsp3) is 0.316. The normalized spacial score (nSPS) is 22.5. The maximum atomic E-state index is 12.9. The van der Waals surface area contributed by atoms with Gasteiger partial charge in [0, 0.05) is 19.3 Å². The van der Waals surface area contributed by atoms with Crippen LogP contribution in [0.3, 0.4) is 0 Å². The number of rotatable bonds is 4. The minimum Gasteiger partial charge on any atom is -0.481 e. The number of hydrogen-bond donors (Lipinski definition) is 1. The molecule has 0 aliphatic carbocycles. The summed E-state index contributed by atoms with van der Waals surface area (Å²) in [5, 5.41) is 10.5. The van der Waals surface area contributed by atoms with Crippen LogP contribution in [0.25, 0.3) is 19.8 Å². The lowest BCUT2D eigenvalue weighted by atomic mass is 9.95. The molecule has 7 heteroatoms. The summed E-state index contributed by atoms with van der Waals surface area (Å²) in [5.74, 6) is -0.997. The van der Waals surface area contributed by atoms with E-state index in [1.165, 1.54) is 16.0 Å². The van der Waals surface area contributed by atoms with Crippen molar-refractivity contribution in [2.24, 2.45) is 0 Å². The molecule has 1 saturated heterocycles. The Balaban J connectivity index is 1.80. The van der Waals surface area contributed by atoms with Crippen LogP contribution < -0.4 is 0 Å². The molecule has 0 amide bonds. The summed E-state index contributed by atoms with van der Waals surface area (Å²) in [6.45, 7) is 0. The van der Waals surface area contributed by atoms with Gasteiger partial charge in [-0.1, -0.05) is 24.6 Å². The van der Waals surface area contributed by atoms with Crippen LogP contribution >= 0.6 is 22.7 Å². The minimum absolute atomic E-state index is 0.0659. The molecule has 0 spiro atoms. The molecule has 4 rings (SSSR count). The van der Waals surface area contributed by atoms with Gasteiger partial charge in [0.25, 0.3) is 0 Å². The van der Waals surface area contributed by atoms with Crippen LogP contribution in [0.1, 0.15) is 30.6 Å². The maximum absolute atomic E-state index is 12.9. The van der Waals surface area contributed by atoms with E-state index >= 15 is 0 Å². The van der Waals surface area contributed by atoms with E-state index in [-0.39, 0.29) is 12.2 Å². The highest BCUT2D eigenvalue weighted by Gasteiger charge is 2.49. The van der Waals surface area contributed by atoms with Gasteiger partial charge in [-0.2, -0.15) is 0 Å². The molecule has 1 aliphatic heterocycles. The number of thiophene rings is 2. The zero-order valence-electron chi connectivity index (χ0n) is 14.0. The summed E-state index contributed by atoms with van der Waals surface area (Å²) in [5.41, 5.74) is 0. The topological polar surface area (TPSA) is 71.4 Å². The van der Waals surface area contributed by atoms with Crippen molar-refractivity contribution in [1.82, 2.24) is 0 Å². The average Bonchev–Trinajstić information content (AvgIpc) is 3.22. The van der Waals surface area contributed by atoms with Crippen molar-refractivity contribution in [2.45, 2.75) is 30.4 Å². The third kappa shape index (κ3) is 2.88. The molecule has 0 bridgehead atoms. The molecule has 4 nitrogen and oxygen atoms in total. The van der Waals surface area contributed by atoms with E-state index < -0.39 is 20.6 Å². The number of sulfone groups is 1. The molecule has 1 aromatic carbocycles. The van der Waals surface area contributed by atoms with Crippen LogP contribution in [0.4, 0.5) is 0 Å². The second-order valence-corrected chi connectivity index (χ2v) is 11.2. The van der Waals surface area contributed by atoms with Gasteiger partial charge in [0.2, 0.25) is 0 Å². The van der Waals surface area contributed by atoms with Gasteiger partial charge in [-0.25, -0.2) is 8.42 Å². The molecular weight excluding hydrogens is 388 g/mol. The fourth-order valence-electron chi connectivity index (χ4n) is 3.68. The first-order chi connectivity index (χ1) is 12.4. The first kappa shape index (κ1) is 17.7. The molecule has 3 aromatic rings. The Bertz CT molecular complexity index is 1040. The lowest BCUT2D eigenvalue weighted by molar-refractivity contribution is -0.137. The van der Waals surface area contributed by atoms with Crippen LogP contribution in [-0.4, -0.2) is 25.2 Å². The first-order valence-corrected chi connectivity index (χ1v) is 11.7. The number of carbonyl (C=O) groups is 1. The van der Waals surface area contributed by atoms with Gasteiger partial charge in [-0.05, 0) is 42.5 Å². The van der Waals surface area contributed by atoms with E-state index in [1.807, 2.05) is 24.3 Å². The molecule has 26 heavy (non-hydrogen) atoms. The molecule has 0 saturated carbocycles. The van der Waals surface area contributed by atoms with Crippen LogP contribution in [0.2, 0.25) is 0 Å². The molecule has 1 fully saturated rings. The summed E-state index contributed by atoms with van der Waals surface area (Å²) in [4.78, 5) is 14.2. The van der Waals surface area contributed by atoms with E-state index in [0.29, 0.717) is 17.7 Å². The van der Waals surface area contributed by atoms with Gasteiger partial charge >= 0.3 is 5.97 Å². The predicted molar refractivity (Wildman–Crippen MR) is 107 cm³/mol. The Kier molecular flexibility index (Phi) is 4.41. The minimum atomic E-state index is -3.49. The summed E-state index contributed by atoms with van der Waals surface area (Å²) < 4.78 is 25.6. The highest BCUT2D eigenvalue weighted by atomic mass is 32.2. The van der Waals surface area contributed by atoms with Crippen LogP contribution in [0.15, 0.2) is 42.5 Å². The standard InChI is InChI=1S/C19H18O4S3/c20-18(21)12-19(9-3-4-10-26(19,22)23)17-8-7-15(25-17)16-11-13-5-1-2-6-14(13)24-16/h1-2,5-8,11H,3-4,9-10,12H2,(H,20,21)/t19-/m0/s1. The number of aliphatic carboxylic acids is 1. The van der Waals surface area contributed by atoms with Crippen molar-refractivity contribution < 1.29 is 18.3 Å². The predicted octanol–water partition coefficient (Wildman–Crippen LogP) is 4.90. The summed E-state index contributed by atoms with van der Waals surface area (Å²) >= 11 is 3.09. The molecule has 0 radical (unpaired) electrons. The van der Waals surface area contributed by atoms with Gasteiger partial charge in [0.05, 0.1) is 12.2 Å². The van der Waals surface area contributed by atoms with Gasteiger partial charge in [0.15, 0.2) is 9.84 Å². The fourth-order valence-corrected chi connectivity index (χ4v) is 8.59. The number of hydrogen-bond acceptors (Lipinski definition) is 5. The SMILES string of the molecule is O=C(O)C[C@]1(c2ccc(-c3cc4ccccc4s3)s2)CCCCS1(=O)=O. The van der Waals surface area contributed by atoms with E-state index in [4.69, 9.17) is 0 Å². The highest BCUT2D eigenvalue weighted by molar-refractivity contribution is 7.92. The van der Waals surface area contributed by atoms with Crippen molar-refractivity contribution >= 4 is 48.6 Å². The quantitative estimate of drug-likeness (QED) is 0.669. The van der Waals surface area contributed by atoms with Crippen molar-refractivity contribution in [2.75, 3.05) is 5.75 Å². The van der Waals surface area contributed by atoms with Crippen LogP contribution in [0.5, 0.6) is 0 Å². The summed E-state index contributed by atoms with van der Waals surface area (Å²) in [7, 11) is -3.49. The molecule has 0 unspecified atom stereocenters. The number of carboxylic acid groups (broad SMARTS) is 1. The maximum Gasteiger partial charge on any atom is 0.305 e. The molecule has 2 aromatic heterocycles. The van der Waals surface area contributed by atoms with Gasteiger partial charge in [0.1, 0.15) is 4.75 Å². The Morgan fingerprint density at radius 2 is 1.88 bits per heavy atom. The van der Waals surface area contributed by atoms with E-state index in [9.17, 15) is 18.3 Å². The Morgan fingerprint density at radius 3 is 2.62 bits per heavy atom. The van der Waals surface area contributed by atoms with E-state index in [2.05, 4.69) is 18.2 Å². The second-order valence-electron chi connectivity index (χ2n) is 6.65. The third-order valence-corrected chi connectivity index (χ3v) is 10.3. The highest BCUT2D eigenvalue weighted by Crippen LogP contribution is 2.48. The average molecular weight is 407 g/mol. The smallest absolute Gasteiger partial charge is 0.305 e. The summed E-state index contributed by atoms with van der Waals surface area (Å²) in [6, 6.07) is 14.0. The largest absolute Gasteiger partial charge is 0.481 e. The van der Waals surface area contributed by atoms with E-state index in [0.717, 1.165) is 21.6 Å². The van der Waals surface area contributed by atoms with Gasteiger partial charge in [-0.3, -0.25) is 4.79 Å². The van der Waals surface area contributed by atoms with Crippen molar-refractivity contribution in [1.29, 1.82) is 0 Å². The third-order valence-electron chi connectivity index (χ3n) is 5.00. The van der Waals surface area contributed by atoms with Gasteiger partial charge in [-0.15, -0.1) is 22.7 Å². The van der Waals surface area contributed by atoms with Gasteiger partial charge < -0.3 is 5.11 Å². The zero-order valence-corrected chi connectivity index (χ0v) is 16.4. The molecular formula is C19H18O4S3. The number of benzene rings is 1. The van der Waals surface area contributed by atoms with Crippen molar-refractivity contribution in [3.05, 3.63) is 47.3 Å². The zero-order chi connectivity index (χ0) is 18.4. The van der Waals surface area contributed by atoms with Crippen LogP contribution in [-0.2, 0) is 19.4 Å². The second kappa shape index (κ2) is 6.48. The molecule has 136 valence electrons. The Hall–Kier alpha value is -1.70. The lowest BCUT2D eigenvalue weighted by Gasteiger charge is -2.34. The number of fused-ring (bicyclic) bond motifs is 1. The van der Waals surface area contributed by atoms with Crippen molar-refractivity contribution in [3.8, 4) is 9.75 Å². The Morgan fingerprint density at radius 1 is 1.08 bits per heavy atom. The van der Waals surface area contributed by atoms with Crippen LogP contribution in [0, 0.1) is 0 Å². The molecule has 1 N–H and O–H groups in total.